The summed E-state index contributed by atoms with van der Waals surface area (Å²) in [7, 11) is 0. The summed E-state index contributed by atoms with van der Waals surface area (Å²) in [6, 6.07) is 11.9. The van der Waals surface area contributed by atoms with E-state index in [2.05, 4.69) is 31.1 Å². The van der Waals surface area contributed by atoms with Crippen molar-refractivity contribution in [1.29, 1.82) is 0 Å². The van der Waals surface area contributed by atoms with Crippen LogP contribution < -0.4 is 0 Å². The van der Waals surface area contributed by atoms with Crippen molar-refractivity contribution in [3.05, 3.63) is 58.3 Å². The van der Waals surface area contributed by atoms with Gasteiger partial charge >= 0.3 is 0 Å². The molecule has 3 rings (SSSR count). The van der Waals surface area contributed by atoms with E-state index in [-0.39, 0.29) is 0 Å². The Hall–Kier alpha value is -2.01. The molecule has 0 fully saturated rings. The predicted octanol–water partition coefficient (Wildman–Crippen LogP) is 5.13. The first-order valence-corrected chi connectivity index (χ1v) is 7.05. The fraction of sp³-hybridized carbons (Fsp3) is 0.133. The topological polar surface area (TPSA) is 42.0 Å². The number of nitrogens with zero attached hydrogens (tertiary/aromatic N) is 4. The third-order valence-corrected chi connectivity index (χ3v) is 3.49. The normalized spacial score (nSPS) is 11.6. The maximum Gasteiger partial charge on any atom is 0.182 e. The van der Waals surface area contributed by atoms with Gasteiger partial charge in [0, 0.05) is 10.7 Å². The summed E-state index contributed by atoms with van der Waals surface area (Å²) in [5.41, 5.74) is 3.77. The highest BCUT2D eigenvalue weighted by Crippen LogP contribution is 2.25. The summed E-state index contributed by atoms with van der Waals surface area (Å²) < 4.78 is 2.91. The van der Waals surface area contributed by atoms with Crippen molar-refractivity contribution in [2.75, 3.05) is 0 Å². The van der Waals surface area contributed by atoms with Gasteiger partial charge in [-0.1, -0.05) is 17.7 Å². The zero-order chi connectivity index (χ0) is 14.1. The van der Waals surface area contributed by atoms with Gasteiger partial charge < -0.3 is 0 Å². The third-order valence-electron chi connectivity index (χ3n) is 3.02. The molecule has 0 unspecified atom stereocenters. The Morgan fingerprint density at radius 3 is 2.50 bits per heavy atom. The Morgan fingerprint density at radius 2 is 1.75 bits per heavy atom. The molecule has 3 aromatic rings. The van der Waals surface area contributed by atoms with E-state index < -0.39 is 0 Å². The Morgan fingerprint density at radius 1 is 1.00 bits per heavy atom. The Bertz CT molecular complexity index is 787. The van der Waals surface area contributed by atoms with E-state index in [4.69, 9.17) is 0 Å². The lowest BCUT2D eigenvalue weighted by Gasteiger charge is -1.97. The second-order valence-corrected chi connectivity index (χ2v) is 5.55. The largest absolute Gasteiger partial charge is 0.282 e. The molecule has 0 atom stereocenters. The van der Waals surface area contributed by atoms with Crippen molar-refractivity contribution in [3.63, 3.8) is 0 Å². The van der Waals surface area contributed by atoms with Crippen LogP contribution in [0.3, 0.4) is 0 Å². The van der Waals surface area contributed by atoms with Gasteiger partial charge in [0.25, 0.3) is 0 Å². The summed E-state index contributed by atoms with van der Waals surface area (Å²) in [5, 5.41) is 8.62. The molecule has 2 aromatic heterocycles. The van der Waals surface area contributed by atoms with Crippen molar-refractivity contribution in [2.45, 2.75) is 13.8 Å². The molecular weight excluding hydrogens is 316 g/mol. The number of imidazole rings is 1. The smallest absolute Gasteiger partial charge is 0.182 e. The molecule has 100 valence electrons. The number of pyridine rings is 1. The van der Waals surface area contributed by atoms with E-state index in [9.17, 15) is 0 Å². The Balaban J connectivity index is 2.03. The van der Waals surface area contributed by atoms with E-state index in [0.29, 0.717) is 0 Å². The number of halogens is 1. The molecule has 0 amide bonds. The van der Waals surface area contributed by atoms with Crippen LogP contribution in [-0.2, 0) is 0 Å². The molecule has 0 saturated carbocycles. The van der Waals surface area contributed by atoms with Crippen LogP contribution in [0.2, 0.25) is 0 Å². The standard InChI is InChI=1S/C15H13BrN4/c1-10-3-6-13(7-4-10)18-19-15-11(2)17-14-8-5-12(16)9-20(14)15/h3-9H,1-2H3. The van der Waals surface area contributed by atoms with Gasteiger partial charge in [0.15, 0.2) is 5.82 Å². The molecule has 0 N–H and O–H groups in total. The molecule has 0 aliphatic carbocycles. The number of hydrogen-bond acceptors (Lipinski definition) is 3. The number of hydrogen-bond donors (Lipinski definition) is 0. The summed E-state index contributed by atoms with van der Waals surface area (Å²) >= 11 is 3.46. The van der Waals surface area contributed by atoms with Crippen molar-refractivity contribution >= 4 is 33.1 Å². The number of azo groups is 1. The monoisotopic (exact) mass is 328 g/mol. The number of benzene rings is 1. The molecule has 0 aliphatic rings. The minimum atomic E-state index is 0.752. The van der Waals surface area contributed by atoms with Crippen LogP contribution in [0.4, 0.5) is 11.5 Å². The van der Waals surface area contributed by atoms with Crippen LogP contribution in [0.15, 0.2) is 57.3 Å². The van der Waals surface area contributed by atoms with Crippen LogP contribution in [0.25, 0.3) is 5.65 Å². The highest BCUT2D eigenvalue weighted by atomic mass is 79.9. The predicted molar refractivity (Wildman–Crippen MR) is 83.0 cm³/mol. The van der Waals surface area contributed by atoms with E-state index in [1.807, 2.05) is 60.8 Å². The summed E-state index contributed by atoms with van der Waals surface area (Å²) in [5.74, 6) is 0.752. The molecule has 0 aliphatic heterocycles. The molecule has 0 bridgehead atoms. The zero-order valence-corrected chi connectivity index (χ0v) is 12.8. The maximum absolute atomic E-state index is 4.47. The molecule has 0 spiro atoms. The minimum absolute atomic E-state index is 0.752. The number of aromatic nitrogens is 2. The van der Waals surface area contributed by atoms with Crippen LogP contribution >= 0.6 is 15.9 Å². The summed E-state index contributed by atoms with van der Waals surface area (Å²) in [6.45, 7) is 3.98. The summed E-state index contributed by atoms with van der Waals surface area (Å²) in [6.07, 6.45) is 1.94. The second kappa shape index (κ2) is 5.17. The highest BCUT2D eigenvalue weighted by molar-refractivity contribution is 9.10. The number of rotatable bonds is 2. The quantitative estimate of drug-likeness (QED) is 0.601. The van der Waals surface area contributed by atoms with E-state index in [1.54, 1.807) is 0 Å². The van der Waals surface area contributed by atoms with Gasteiger partial charge in [-0.2, -0.15) is 0 Å². The van der Waals surface area contributed by atoms with Crippen molar-refractivity contribution in [2.24, 2.45) is 10.2 Å². The zero-order valence-electron chi connectivity index (χ0n) is 11.2. The molecule has 0 saturated heterocycles. The Kier molecular flexibility index (Phi) is 3.36. The third kappa shape index (κ3) is 2.49. The number of fused-ring (bicyclic) bond motifs is 1. The van der Waals surface area contributed by atoms with Gasteiger partial charge in [-0.25, -0.2) is 4.98 Å². The van der Waals surface area contributed by atoms with Gasteiger partial charge in [-0.15, -0.1) is 10.2 Å². The first-order valence-electron chi connectivity index (χ1n) is 6.26. The highest BCUT2D eigenvalue weighted by Gasteiger charge is 2.07. The average Bonchev–Trinajstić information content (AvgIpc) is 2.73. The summed E-state index contributed by atoms with van der Waals surface area (Å²) in [4.78, 5) is 4.47. The minimum Gasteiger partial charge on any atom is -0.282 e. The van der Waals surface area contributed by atoms with Crippen LogP contribution in [0.5, 0.6) is 0 Å². The average molecular weight is 329 g/mol. The molecule has 4 nitrogen and oxygen atoms in total. The first-order chi connectivity index (χ1) is 9.63. The Labute approximate surface area is 125 Å². The first kappa shape index (κ1) is 13.0. The van der Waals surface area contributed by atoms with Gasteiger partial charge in [-0.05, 0) is 54.0 Å². The molecule has 5 heteroatoms. The van der Waals surface area contributed by atoms with Gasteiger partial charge in [0.2, 0.25) is 0 Å². The fourth-order valence-electron chi connectivity index (χ4n) is 1.96. The molecule has 20 heavy (non-hydrogen) atoms. The van der Waals surface area contributed by atoms with Crippen molar-refractivity contribution in [3.8, 4) is 0 Å². The fourth-order valence-corrected chi connectivity index (χ4v) is 2.30. The van der Waals surface area contributed by atoms with E-state index in [1.165, 1.54) is 5.56 Å². The lowest BCUT2D eigenvalue weighted by atomic mass is 10.2. The van der Waals surface area contributed by atoms with Crippen molar-refractivity contribution < 1.29 is 0 Å². The maximum atomic E-state index is 4.47. The van der Waals surface area contributed by atoms with Crippen LogP contribution in [-0.4, -0.2) is 9.38 Å². The molecule has 1 aromatic carbocycles. The van der Waals surface area contributed by atoms with Gasteiger partial charge in [-0.3, -0.25) is 4.40 Å². The van der Waals surface area contributed by atoms with Crippen molar-refractivity contribution in [1.82, 2.24) is 9.38 Å². The van der Waals surface area contributed by atoms with Gasteiger partial charge in [0.1, 0.15) is 5.65 Å². The van der Waals surface area contributed by atoms with Crippen LogP contribution in [0, 0.1) is 13.8 Å². The molecule has 2 heterocycles. The number of aryl methyl sites for hydroxylation is 2. The van der Waals surface area contributed by atoms with Gasteiger partial charge in [0.05, 0.1) is 11.4 Å². The molecular formula is C15H13BrN4. The SMILES string of the molecule is Cc1ccc(N=Nc2c(C)nc3ccc(Br)cn23)cc1. The lowest BCUT2D eigenvalue weighted by Crippen LogP contribution is -1.82. The lowest BCUT2D eigenvalue weighted by molar-refractivity contribution is 1.09. The van der Waals surface area contributed by atoms with Crippen LogP contribution in [0.1, 0.15) is 11.3 Å². The van der Waals surface area contributed by atoms with E-state index >= 15 is 0 Å². The van der Waals surface area contributed by atoms with E-state index in [0.717, 1.165) is 27.3 Å². The molecule has 0 radical (unpaired) electrons. The second-order valence-electron chi connectivity index (χ2n) is 4.63.